The molecule has 1 saturated heterocycles. The molecular formula is C21H34O2. The van der Waals surface area contributed by atoms with Crippen LogP contribution in [-0.2, 0) is 4.74 Å². The number of allylic oxidation sites excluding steroid dienone is 4. The molecule has 1 spiro atoms. The molecule has 130 valence electrons. The van der Waals surface area contributed by atoms with E-state index in [2.05, 4.69) is 46.8 Å². The first-order chi connectivity index (χ1) is 10.8. The number of fused-ring (bicyclic) bond motifs is 1. The maximum Gasteiger partial charge on any atom is 0.108 e. The summed E-state index contributed by atoms with van der Waals surface area (Å²) in [6.07, 6.45) is 11.6. The number of hydrogen-bond donors (Lipinski definition) is 1. The van der Waals surface area contributed by atoms with E-state index in [0.717, 1.165) is 32.1 Å². The van der Waals surface area contributed by atoms with Crippen molar-refractivity contribution < 1.29 is 9.84 Å². The molecule has 1 aliphatic heterocycles. The van der Waals surface area contributed by atoms with Crippen molar-refractivity contribution in [2.75, 3.05) is 6.61 Å². The zero-order valence-corrected chi connectivity index (χ0v) is 15.6. The molecule has 3 rings (SSSR count). The minimum atomic E-state index is -0.159. The van der Waals surface area contributed by atoms with Crippen LogP contribution in [0.5, 0.6) is 0 Å². The molecule has 0 unspecified atom stereocenters. The van der Waals surface area contributed by atoms with Gasteiger partial charge in [-0.25, -0.2) is 0 Å². The molecule has 1 N–H and O–H groups in total. The van der Waals surface area contributed by atoms with Crippen molar-refractivity contribution in [2.45, 2.75) is 84.3 Å². The number of hydrogen-bond acceptors (Lipinski definition) is 2. The first-order valence-corrected chi connectivity index (χ1v) is 9.39. The lowest BCUT2D eigenvalue weighted by Crippen LogP contribution is -2.53. The van der Waals surface area contributed by atoms with Crippen LogP contribution in [0.4, 0.5) is 0 Å². The van der Waals surface area contributed by atoms with Crippen molar-refractivity contribution in [3.05, 3.63) is 23.3 Å². The van der Waals surface area contributed by atoms with Crippen molar-refractivity contribution in [3.8, 4) is 0 Å². The maximum absolute atomic E-state index is 10.2. The Morgan fingerprint density at radius 3 is 2.61 bits per heavy atom. The summed E-state index contributed by atoms with van der Waals surface area (Å²) in [7, 11) is 0. The van der Waals surface area contributed by atoms with Gasteiger partial charge in [-0.2, -0.15) is 0 Å². The summed E-state index contributed by atoms with van der Waals surface area (Å²) in [5.74, 6) is 0.858. The molecule has 2 nitrogen and oxygen atoms in total. The minimum absolute atomic E-state index is 0.0381. The monoisotopic (exact) mass is 318 g/mol. The van der Waals surface area contributed by atoms with Gasteiger partial charge >= 0.3 is 0 Å². The summed E-state index contributed by atoms with van der Waals surface area (Å²) >= 11 is 0. The highest BCUT2D eigenvalue weighted by molar-refractivity contribution is 5.28. The number of rotatable bonds is 1. The van der Waals surface area contributed by atoms with Gasteiger partial charge in [0.05, 0.1) is 5.60 Å². The van der Waals surface area contributed by atoms with E-state index in [-0.39, 0.29) is 29.1 Å². The van der Waals surface area contributed by atoms with E-state index in [1.54, 1.807) is 0 Å². The van der Waals surface area contributed by atoms with Gasteiger partial charge < -0.3 is 9.84 Å². The molecule has 0 amide bonds. The summed E-state index contributed by atoms with van der Waals surface area (Å²) in [5.41, 5.74) is 2.83. The Kier molecular flexibility index (Phi) is 4.30. The second-order valence-electron chi connectivity index (χ2n) is 8.98. The molecule has 2 bridgehead atoms. The SMILES string of the molecule is C/C1=C\C[C@H]2CC[C@]3(C)O[C@]3([C@@H](CO)C/C(C)=C/CC1)C2(C)C. The van der Waals surface area contributed by atoms with Crippen molar-refractivity contribution in [1.82, 2.24) is 0 Å². The Labute approximate surface area is 142 Å². The van der Waals surface area contributed by atoms with Gasteiger partial charge in [-0.3, -0.25) is 0 Å². The zero-order chi connectivity index (χ0) is 16.9. The van der Waals surface area contributed by atoms with Gasteiger partial charge in [-0.15, -0.1) is 0 Å². The van der Waals surface area contributed by atoms with Crippen LogP contribution in [0.2, 0.25) is 0 Å². The molecule has 2 aliphatic carbocycles. The highest BCUT2D eigenvalue weighted by Gasteiger charge is 2.78. The van der Waals surface area contributed by atoms with E-state index in [1.807, 2.05) is 0 Å². The first kappa shape index (κ1) is 17.2. The molecule has 0 aromatic heterocycles. The van der Waals surface area contributed by atoms with Gasteiger partial charge in [-0.05, 0) is 65.2 Å². The summed E-state index contributed by atoms with van der Waals surface area (Å²) in [6.45, 7) is 11.8. The highest BCUT2D eigenvalue weighted by atomic mass is 16.6. The Hall–Kier alpha value is -0.600. The highest BCUT2D eigenvalue weighted by Crippen LogP contribution is 2.71. The van der Waals surface area contributed by atoms with Gasteiger partial charge in [-0.1, -0.05) is 37.1 Å². The number of aliphatic hydroxyl groups excluding tert-OH is 1. The van der Waals surface area contributed by atoms with Crippen LogP contribution < -0.4 is 0 Å². The second-order valence-corrected chi connectivity index (χ2v) is 8.98. The van der Waals surface area contributed by atoms with Gasteiger partial charge in [0.1, 0.15) is 5.60 Å². The van der Waals surface area contributed by atoms with Crippen LogP contribution in [0, 0.1) is 17.3 Å². The second kappa shape index (κ2) is 5.74. The normalized spacial score (nSPS) is 47.9. The van der Waals surface area contributed by atoms with Crippen LogP contribution >= 0.6 is 0 Å². The third kappa shape index (κ3) is 2.53. The van der Waals surface area contributed by atoms with Crippen LogP contribution in [0.3, 0.4) is 0 Å². The lowest BCUT2D eigenvalue weighted by molar-refractivity contribution is -0.00424. The molecule has 23 heavy (non-hydrogen) atoms. The largest absolute Gasteiger partial charge is 0.396 e. The quantitative estimate of drug-likeness (QED) is 0.543. The topological polar surface area (TPSA) is 32.8 Å². The van der Waals surface area contributed by atoms with E-state index < -0.39 is 0 Å². The molecule has 1 heterocycles. The molecule has 2 fully saturated rings. The minimum Gasteiger partial charge on any atom is -0.396 e. The molecule has 0 aromatic rings. The van der Waals surface area contributed by atoms with Crippen molar-refractivity contribution in [2.24, 2.45) is 17.3 Å². The number of epoxide rings is 1. The lowest BCUT2D eigenvalue weighted by Gasteiger charge is -2.48. The summed E-state index contributed by atoms with van der Waals surface area (Å²) in [6, 6.07) is 0. The summed E-state index contributed by atoms with van der Waals surface area (Å²) in [5, 5.41) is 10.2. The average Bonchev–Trinajstić information content (AvgIpc) is 3.12. The molecule has 0 aromatic carbocycles. The number of aliphatic hydroxyl groups is 1. The third-order valence-corrected chi connectivity index (χ3v) is 7.22. The zero-order valence-electron chi connectivity index (χ0n) is 15.6. The van der Waals surface area contributed by atoms with Crippen molar-refractivity contribution in [1.29, 1.82) is 0 Å². The fourth-order valence-electron chi connectivity index (χ4n) is 5.75. The fraction of sp³-hybridized carbons (Fsp3) is 0.810. The molecule has 4 atom stereocenters. The Bertz CT molecular complexity index is 530. The summed E-state index contributed by atoms with van der Waals surface area (Å²) in [4.78, 5) is 0. The van der Waals surface area contributed by atoms with Crippen LogP contribution in [0.25, 0.3) is 0 Å². The van der Waals surface area contributed by atoms with E-state index in [0.29, 0.717) is 5.92 Å². The molecular weight excluding hydrogens is 284 g/mol. The predicted molar refractivity (Wildman–Crippen MR) is 95.3 cm³/mol. The first-order valence-electron chi connectivity index (χ1n) is 9.39. The standard InChI is InChI=1S/C21H34O2/c1-15-7-6-8-16(2)13-18(14-22)21-19(3,4)17(10-9-15)11-12-20(21,5)23-21/h8-9,17-18,22H,6-7,10-14H2,1-5H3/b15-9+,16-8+/t17-,18+,20-,21+/m0/s1. The van der Waals surface area contributed by atoms with Gasteiger partial charge in [0.2, 0.25) is 0 Å². The van der Waals surface area contributed by atoms with Crippen molar-refractivity contribution in [3.63, 3.8) is 0 Å². The third-order valence-electron chi connectivity index (χ3n) is 7.22. The molecule has 2 heteroatoms. The fourth-order valence-corrected chi connectivity index (χ4v) is 5.75. The van der Waals surface area contributed by atoms with Crippen LogP contribution in [0.1, 0.15) is 73.1 Å². The van der Waals surface area contributed by atoms with E-state index in [9.17, 15) is 5.11 Å². The van der Waals surface area contributed by atoms with E-state index in [1.165, 1.54) is 17.6 Å². The van der Waals surface area contributed by atoms with E-state index >= 15 is 0 Å². The Morgan fingerprint density at radius 2 is 1.91 bits per heavy atom. The predicted octanol–water partition coefficient (Wildman–Crippen LogP) is 5.03. The van der Waals surface area contributed by atoms with E-state index in [4.69, 9.17) is 4.74 Å². The van der Waals surface area contributed by atoms with Gasteiger partial charge in [0, 0.05) is 17.9 Å². The lowest BCUT2D eigenvalue weighted by atomic mass is 9.53. The summed E-state index contributed by atoms with van der Waals surface area (Å²) < 4.78 is 6.51. The van der Waals surface area contributed by atoms with Gasteiger partial charge in [0.25, 0.3) is 0 Å². The molecule has 0 radical (unpaired) electrons. The maximum atomic E-state index is 10.2. The van der Waals surface area contributed by atoms with Crippen LogP contribution in [0.15, 0.2) is 23.3 Å². The van der Waals surface area contributed by atoms with Gasteiger partial charge in [0.15, 0.2) is 0 Å². The molecule has 3 aliphatic rings. The Morgan fingerprint density at radius 1 is 1.17 bits per heavy atom. The smallest absolute Gasteiger partial charge is 0.108 e. The van der Waals surface area contributed by atoms with Crippen LogP contribution in [-0.4, -0.2) is 22.9 Å². The Balaban J connectivity index is 2.02. The van der Waals surface area contributed by atoms with Crippen molar-refractivity contribution >= 4 is 0 Å². The number of ether oxygens (including phenoxy) is 1. The molecule has 1 saturated carbocycles. The average molecular weight is 319 g/mol.